The van der Waals surface area contributed by atoms with Crippen molar-refractivity contribution in [3.05, 3.63) is 265 Å². The molecule has 308 valence electrons. The first-order valence-corrected chi connectivity index (χ1v) is 22.5. The van der Waals surface area contributed by atoms with Crippen molar-refractivity contribution >= 4 is 32.6 Å². The summed E-state index contributed by atoms with van der Waals surface area (Å²) in [6.45, 7) is 0. The minimum absolute atomic E-state index is 0.540. The van der Waals surface area contributed by atoms with E-state index in [1.165, 1.54) is 60.7 Å². The van der Waals surface area contributed by atoms with E-state index in [0.29, 0.717) is 17.5 Å². The molecule has 0 saturated carbocycles. The molecule has 2 heterocycles. The largest absolute Gasteiger partial charge is 0.309 e. The van der Waals surface area contributed by atoms with E-state index in [0.717, 1.165) is 38.8 Å². The molecule has 10 aromatic carbocycles. The topological polar surface area (TPSA) is 43.6 Å². The van der Waals surface area contributed by atoms with Crippen LogP contribution in [0.15, 0.2) is 243 Å². The predicted octanol–water partition coefficient (Wildman–Crippen LogP) is 15.2. The second-order valence-electron chi connectivity index (χ2n) is 17.2. The summed E-state index contributed by atoms with van der Waals surface area (Å²) in [5, 5.41) is 4.79. The molecule has 0 spiro atoms. The van der Waals surface area contributed by atoms with E-state index in [-0.39, 0.29) is 0 Å². The Kier molecular flexibility index (Phi) is 8.72. The Morgan fingerprint density at radius 2 is 0.788 bits per heavy atom. The van der Waals surface area contributed by atoms with Crippen molar-refractivity contribution in [3.63, 3.8) is 0 Å². The highest BCUT2D eigenvalue weighted by Crippen LogP contribution is 2.56. The maximum Gasteiger partial charge on any atom is 0.164 e. The highest BCUT2D eigenvalue weighted by Gasteiger charge is 2.46. The van der Waals surface area contributed by atoms with Gasteiger partial charge in [0.05, 0.1) is 16.4 Å². The Hall–Kier alpha value is -8.73. The van der Waals surface area contributed by atoms with Gasteiger partial charge in [-0.3, -0.25) is 0 Å². The quantitative estimate of drug-likeness (QED) is 0.161. The number of aromatic nitrogens is 4. The van der Waals surface area contributed by atoms with Crippen molar-refractivity contribution in [2.24, 2.45) is 0 Å². The van der Waals surface area contributed by atoms with Crippen molar-refractivity contribution in [2.45, 2.75) is 5.41 Å². The molecular weight excluding hydrogens is 801 g/mol. The van der Waals surface area contributed by atoms with Crippen LogP contribution in [0, 0.1) is 0 Å². The molecule has 0 fully saturated rings. The molecule has 0 atom stereocenters. The predicted molar refractivity (Wildman–Crippen MR) is 271 cm³/mol. The van der Waals surface area contributed by atoms with Gasteiger partial charge in [-0.15, -0.1) is 0 Å². The molecule has 66 heavy (non-hydrogen) atoms. The standard InChI is InChI=1S/C62H40N4/c1-4-17-43(18-5-1)59-63-60(44-19-6-2-7-20-44)65-61(64-59)47-32-36-53-54-37-33-49(62(48-22-8-3-9-23-48)55-26-14-12-24-51(55)52-25-13-15-27-56(52)62)40-58(54)66(57(53)39-47)50-34-30-42(31-35-50)46-29-28-41-16-10-11-21-45(41)38-46/h1-40H. The molecule has 1 aliphatic rings. The van der Waals surface area contributed by atoms with Crippen molar-refractivity contribution in [1.82, 2.24) is 19.5 Å². The lowest BCUT2D eigenvalue weighted by Gasteiger charge is -2.34. The minimum atomic E-state index is -0.540. The summed E-state index contributed by atoms with van der Waals surface area (Å²) in [5.74, 6) is 1.89. The summed E-state index contributed by atoms with van der Waals surface area (Å²) in [4.78, 5) is 15.3. The molecule has 0 saturated heterocycles. The first-order valence-electron chi connectivity index (χ1n) is 22.5. The van der Waals surface area contributed by atoms with E-state index in [2.05, 4.69) is 211 Å². The van der Waals surface area contributed by atoms with E-state index in [1.54, 1.807) is 0 Å². The molecule has 0 amide bonds. The van der Waals surface area contributed by atoms with Gasteiger partial charge in [-0.1, -0.05) is 212 Å². The molecule has 0 aliphatic heterocycles. The van der Waals surface area contributed by atoms with Gasteiger partial charge in [-0.25, -0.2) is 15.0 Å². The van der Waals surface area contributed by atoms with Gasteiger partial charge >= 0.3 is 0 Å². The molecule has 0 N–H and O–H groups in total. The third-order valence-electron chi connectivity index (χ3n) is 13.5. The second-order valence-corrected chi connectivity index (χ2v) is 17.2. The molecule has 12 aromatic rings. The Morgan fingerprint density at radius 1 is 0.303 bits per heavy atom. The van der Waals surface area contributed by atoms with Crippen molar-refractivity contribution in [1.29, 1.82) is 0 Å². The van der Waals surface area contributed by atoms with Gasteiger partial charge in [0, 0.05) is 33.2 Å². The van der Waals surface area contributed by atoms with Crippen LogP contribution in [0.1, 0.15) is 22.3 Å². The molecule has 0 bridgehead atoms. The fourth-order valence-electron chi connectivity index (χ4n) is 10.5. The number of benzene rings is 10. The molecule has 13 rings (SSSR count). The highest BCUT2D eigenvalue weighted by molar-refractivity contribution is 6.10. The molecule has 1 aliphatic carbocycles. The second kappa shape index (κ2) is 15.2. The molecule has 0 unspecified atom stereocenters. The van der Waals surface area contributed by atoms with Gasteiger partial charge in [0.25, 0.3) is 0 Å². The third kappa shape index (κ3) is 5.96. The number of hydrogen-bond acceptors (Lipinski definition) is 3. The Bertz CT molecular complexity index is 3700. The third-order valence-corrected chi connectivity index (χ3v) is 13.5. The molecule has 4 heteroatoms. The van der Waals surface area contributed by atoms with E-state index < -0.39 is 5.41 Å². The Morgan fingerprint density at radius 3 is 1.42 bits per heavy atom. The van der Waals surface area contributed by atoms with E-state index in [4.69, 9.17) is 15.0 Å². The zero-order valence-electron chi connectivity index (χ0n) is 35.9. The molecular formula is C62H40N4. The number of fused-ring (bicyclic) bond motifs is 7. The number of rotatable bonds is 7. The van der Waals surface area contributed by atoms with Crippen LogP contribution >= 0.6 is 0 Å². The molecule has 2 aromatic heterocycles. The van der Waals surface area contributed by atoms with Crippen LogP contribution < -0.4 is 0 Å². The van der Waals surface area contributed by atoms with Crippen LogP contribution in [0.25, 0.3) is 94.7 Å². The van der Waals surface area contributed by atoms with Crippen LogP contribution in [0.5, 0.6) is 0 Å². The van der Waals surface area contributed by atoms with Gasteiger partial charge in [-0.05, 0) is 85.6 Å². The van der Waals surface area contributed by atoms with Crippen LogP contribution in [0.3, 0.4) is 0 Å². The smallest absolute Gasteiger partial charge is 0.164 e. The number of nitrogens with zero attached hydrogens (tertiary/aromatic N) is 4. The van der Waals surface area contributed by atoms with Gasteiger partial charge in [0.1, 0.15) is 0 Å². The van der Waals surface area contributed by atoms with Crippen molar-refractivity contribution in [2.75, 3.05) is 0 Å². The lowest BCUT2D eigenvalue weighted by Crippen LogP contribution is -2.28. The van der Waals surface area contributed by atoms with Crippen LogP contribution in [-0.4, -0.2) is 19.5 Å². The zero-order valence-corrected chi connectivity index (χ0v) is 35.9. The molecule has 4 nitrogen and oxygen atoms in total. The summed E-state index contributed by atoms with van der Waals surface area (Å²) in [7, 11) is 0. The lowest BCUT2D eigenvalue weighted by atomic mass is 9.67. The van der Waals surface area contributed by atoms with Crippen molar-refractivity contribution in [3.8, 4) is 62.1 Å². The lowest BCUT2D eigenvalue weighted by molar-refractivity contribution is 0.769. The fraction of sp³-hybridized carbons (Fsp3) is 0.0161. The first kappa shape index (κ1) is 37.8. The van der Waals surface area contributed by atoms with Gasteiger partial charge < -0.3 is 4.57 Å². The average Bonchev–Trinajstić information content (AvgIpc) is 3.89. The summed E-state index contributed by atoms with van der Waals surface area (Å²) >= 11 is 0. The van der Waals surface area contributed by atoms with Crippen LogP contribution in [-0.2, 0) is 5.41 Å². The summed E-state index contributed by atoms with van der Waals surface area (Å²) in [6, 6.07) is 87.4. The molecule has 0 radical (unpaired) electrons. The van der Waals surface area contributed by atoms with Gasteiger partial charge in [0.2, 0.25) is 0 Å². The van der Waals surface area contributed by atoms with E-state index >= 15 is 0 Å². The summed E-state index contributed by atoms with van der Waals surface area (Å²) < 4.78 is 2.44. The van der Waals surface area contributed by atoms with Gasteiger partial charge in [0.15, 0.2) is 17.5 Å². The summed E-state index contributed by atoms with van der Waals surface area (Å²) in [5.41, 5.74) is 15.5. The van der Waals surface area contributed by atoms with Crippen LogP contribution in [0.2, 0.25) is 0 Å². The normalized spacial score (nSPS) is 12.7. The first-order chi connectivity index (χ1) is 32.7. The average molecular weight is 841 g/mol. The van der Waals surface area contributed by atoms with E-state index in [9.17, 15) is 0 Å². The van der Waals surface area contributed by atoms with Gasteiger partial charge in [-0.2, -0.15) is 0 Å². The zero-order chi connectivity index (χ0) is 43.6. The van der Waals surface area contributed by atoms with Crippen molar-refractivity contribution < 1.29 is 0 Å². The minimum Gasteiger partial charge on any atom is -0.309 e. The monoisotopic (exact) mass is 840 g/mol. The number of hydrogen-bond donors (Lipinski definition) is 0. The highest BCUT2D eigenvalue weighted by atomic mass is 15.0. The van der Waals surface area contributed by atoms with Crippen LogP contribution in [0.4, 0.5) is 0 Å². The Balaban J connectivity index is 1.06. The maximum absolute atomic E-state index is 5.15. The summed E-state index contributed by atoms with van der Waals surface area (Å²) in [6.07, 6.45) is 0. The maximum atomic E-state index is 5.15. The fourth-order valence-corrected chi connectivity index (χ4v) is 10.5. The SMILES string of the molecule is c1ccc(-c2nc(-c3ccccc3)nc(-c3ccc4c5ccc(C6(c7ccccc7)c7ccccc7-c7ccccc76)cc5n(-c5ccc(-c6ccc7ccccc7c6)cc5)c4c3)n2)cc1. The Labute approximate surface area is 382 Å². The van der Waals surface area contributed by atoms with E-state index in [1.807, 2.05) is 36.4 Å².